The highest BCUT2D eigenvalue weighted by Gasteiger charge is 2.17. The average Bonchev–Trinajstić information content (AvgIpc) is 2.65. The zero-order valence-electron chi connectivity index (χ0n) is 9.63. The van der Waals surface area contributed by atoms with E-state index >= 15 is 0 Å². The first-order chi connectivity index (χ1) is 8.58. The SMILES string of the molecule is CCc1c(-c2ccc(F)cc2Cl)sc(C#N)c1N. The van der Waals surface area contributed by atoms with Gasteiger partial charge in [-0.05, 0) is 30.2 Å². The van der Waals surface area contributed by atoms with Gasteiger partial charge >= 0.3 is 0 Å². The molecule has 0 atom stereocenters. The molecule has 1 heterocycles. The van der Waals surface area contributed by atoms with Gasteiger partial charge in [0.2, 0.25) is 0 Å². The quantitative estimate of drug-likeness (QED) is 0.895. The molecule has 2 N–H and O–H groups in total. The molecule has 1 aromatic carbocycles. The highest BCUT2D eigenvalue weighted by molar-refractivity contribution is 7.17. The van der Waals surface area contributed by atoms with Crippen LogP contribution < -0.4 is 5.73 Å². The fourth-order valence-corrected chi connectivity index (χ4v) is 3.27. The Kier molecular flexibility index (Phi) is 3.55. The first-order valence-electron chi connectivity index (χ1n) is 5.35. The molecule has 92 valence electrons. The number of thiophene rings is 1. The van der Waals surface area contributed by atoms with E-state index in [1.165, 1.54) is 23.5 Å². The number of hydrogen-bond donors (Lipinski definition) is 1. The standard InChI is InChI=1S/C13H10ClFN2S/c1-2-8-12(17)11(6-16)18-13(8)9-4-3-7(15)5-10(9)14/h3-5H,2,17H2,1H3. The second-order valence-electron chi connectivity index (χ2n) is 3.74. The Morgan fingerprint density at radius 1 is 1.50 bits per heavy atom. The van der Waals surface area contributed by atoms with Gasteiger partial charge in [-0.1, -0.05) is 18.5 Å². The van der Waals surface area contributed by atoms with Crippen LogP contribution in [0.15, 0.2) is 18.2 Å². The lowest BCUT2D eigenvalue weighted by molar-refractivity contribution is 0.628. The van der Waals surface area contributed by atoms with E-state index in [4.69, 9.17) is 22.6 Å². The van der Waals surface area contributed by atoms with Crippen LogP contribution in [0.25, 0.3) is 10.4 Å². The number of benzene rings is 1. The van der Waals surface area contributed by atoms with Crippen LogP contribution >= 0.6 is 22.9 Å². The molecule has 0 saturated heterocycles. The molecular formula is C13H10ClFN2S. The van der Waals surface area contributed by atoms with Gasteiger partial charge in [0.05, 0.1) is 10.7 Å². The fraction of sp³-hybridized carbons (Fsp3) is 0.154. The van der Waals surface area contributed by atoms with Gasteiger partial charge in [0.25, 0.3) is 0 Å². The maximum atomic E-state index is 13.0. The molecule has 0 unspecified atom stereocenters. The second kappa shape index (κ2) is 4.97. The normalized spacial score (nSPS) is 10.3. The van der Waals surface area contributed by atoms with Crippen molar-refractivity contribution in [2.45, 2.75) is 13.3 Å². The van der Waals surface area contributed by atoms with Gasteiger partial charge in [-0.15, -0.1) is 11.3 Å². The number of rotatable bonds is 2. The number of halogens is 2. The summed E-state index contributed by atoms with van der Waals surface area (Å²) in [6, 6.07) is 6.29. The zero-order chi connectivity index (χ0) is 13.3. The molecule has 0 bridgehead atoms. The Bertz CT molecular complexity index is 643. The van der Waals surface area contributed by atoms with Crippen LogP contribution in [0.3, 0.4) is 0 Å². The monoisotopic (exact) mass is 280 g/mol. The summed E-state index contributed by atoms with van der Waals surface area (Å²) < 4.78 is 13.0. The van der Waals surface area contributed by atoms with E-state index in [1.807, 2.05) is 6.92 Å². The lowest BCUT2D eigenvalue weighted by Crippen LogP contribution is -1.91. The molecule has 18 heavy (non-hydrogen) atoms. The molecule has 0 aliphatic heterocycles. The van der Waals surface area contributed by atoms with Crippen molar-refractivity contribution >= 4 is 28.6 Å². The topological polar surface area (TPSA) is 49.8 Å². The van der Waals surface area contributed by atoms with Crippen molar-refractivity contribution in [1.82, 2.24) is 0 Å². The summed E-state index contributed by atoms with van der Waals surface area (Å²) in [5.41, 5.74) is 8.02. The molecule has 0 amide bonds. The van der Waals surface area contributed by atoms with Crippen LogP contribution in [0, 0.1) is 17.1 Å². The Morgan fingerprint density at radius 2 is 2.22 bits per heavy atom. The van der Waals surface area contributed by atoms with Gasteiger partial charge in [0.1, 0.15) is 16.8 Å². The second-order valence-corrected chi connectivity index (χ2v) is 5.17. The van der Waals surface area contributed by atoms with Gasteiger partial charge in [-0.3, -0.25) is 0 Å². The van der Waals surface area contributed by atoms with Gasteiger partial charge in [0.15, 0.2) is 0 Å². The summed E-state index contributed by atoms with van der Waals surface area (Å²) in [5, 5.41) is 9.33. The largest absolute Gasteiger partial charge is 0.397 e. The molecule has 2 aromatic rings. The lowest BCUT2D eigenvalue weighted by Gasteiger charge is -2.05. The summed E-state index contributed by atoms with van der Waals surface area (Å²) in [6.07, 6.45) is 0.701. The van der Waals surface area contributed by atoms with Crippen molar-refractivity contribution in [3.63, 3.8) is 0 Å². The highest BCUT2D eigenvalue weighted by atomic mass is 35.5. The van der Waals surface area contributed by atoms with Crippen LogP contribution in [0.1, 0.15) is 17.4 Å². The first-order valence-corrected chi connectivity index (χ1v) is 6.54. The van der Waals surface area contributed by atoms with Crippen LogP contribution in [0.2, 0.25) is 5.02 Å². The van der Waals surface area contributed by atoms with E-state index in [1.54, 1.807) is 6.07 Å². The third-order valence-corrected chi connectivity index (χ3v) is 4.18. The molecule has 2 rings (SSSR count). The smallest absolute Gasteiger partial charge is 0.128 e. The Balaban J connectivity index is 2.68. The average molecular weight is 281 g/mol. The van der Waals surface area contributed by atoms with Crippen molar-refractivity contribution in [1.29, 1.82) is 5.26 Å². The van der Waals surface area contributed by atoms with Crippen LogP contribution in [-0.4, -0.2) is 0 Å². The van der Waals surface area contributed by atoms with Crippen molar-refractivity contribution in [2.24, 2.45) is 0 Å². The van der Waals surface area contributed by atoms with E-state index in [0.717, 1.165) is 10.4 Å². The van der Waals surface area contributed by atoms with Crippen LogP contribution in [0.4, 0.5) is 10.1 Å². The molecule has 0 fully saturated rings. The minimum absolute atomic E-state index is 0.329. The number of nitrogen functional groups attached to an aromatic ring is 1. The maximum Gasteiger partial charge on any atom is 0.128 e. The third kappa shape index (κ3) is 2.07. The summed E-state index contributed by atoms with van der Waals surface area (Å²) in [4.78, 5) is 1.32. The number of hydrogen-bond acceptors (Lipinski definition) is 3. The van der Waals surface area contributed by atoms with E-state index in [-0.39, 0.29) is 5.82 Å². The summed E-state index contributed by atoms with van der Waals surface area (Å²) in [5.74, 6) is -0.383. The van der Waals surface area contributed by atoms with E-state index < -0.39 is 0 Å². The summed E-state index contributed by atoms with van der Waals surface area (Å²) >= 11 is 7.33. The minimum atomic E-state index is -0.383. The number of nitrogens with two attached hydrogens (primary N) is 1. The molecule has 0 radical (unpaired) electrons. The number of nitriles is 1. The van der Waals surface area contributed by atoms with Gasteiger partial charge in [-0.2, -0.15) is 5.26 Å². The summed E-state index contributed by atoms with van der Waals surface area (Å²) in [7, 11) is 0. The predicted octanol–water partition coefficient (Wildman–Crippen LogP) is 4.22. The Labute approximate surface area is 113 Å². The maximum absolute atomic E-state index is 13.0. The van der Waals surface area contributed by atoms with Crippen molar-refractivity contribution < 1.29 is 4.39 Å². The number of anilines is 1. The third-order valence-electron chi connectivity index (χ3n) is 2.68. The molecule has 2 nitrogen and oxygen atoms in total. The zero-order valence-corrected chi connectivity index (χ0v) is 11.2. The predicted molar refractivity (Wildman–Crippen MR) is 73.2 cm³/mol. The van der Waals surface area contributed by atoms with E-state index in [2.05, 4.69) is 6.07 Å². The molecule has 5 heteroatoms. The molecule has 0 aliphatic carbocycles. The van der Waals surface area contributed by atoms with Crippen LogP contribution in [0.5, 0.6) is 0 Å². The molecule has 1 aromatic heterocycles. The van der Waals surface area contributed by atoms with Crippen molar-refractivity contribution in [3.8, 4) is 16.5 Å². The molecule has 0 aliphatic rings. The van der Waals surface area contributed by atoms with Gasteiger partial charge in [-0.25, -0.2) is 4.39 Å². The van der Waals surface area contributed by atoms with Crippen molar-refractivity contribution in [2.75, 3.05) is 5.73 Å². The van der Waals surface area contributed by atoms with Gasteiger partial charge in [0, 0.05) is 10.4 Å². The van der Waals surface area contributed by atoms with Crippen molar-refractivity contribution in [3.05, 3.63) is 39.5 Å². The summed E-state index contributed by atoms with van der Waals surface area (Å²) in [6.45, 7) is 1.96. The molecule has 0 spiro atoms. The molecule has 0 saturated carbocycles. The van der Waals surface area contributed by atoms with E-state index in [0.29, 0.717) is 27.6 Å². The molecular weight excluding hydrogens is 271 g/mol. The van der Waals surface area contributed by atoms with E-state index in [9.17, 15) is 4.39 Å². The Morgan fingerprint density at radius 3 is 2.78 bits per heavy atom. The Hall–Kier alpha value is -1.57. The minimum Gasteiger partial charge on any atom is -0.397 e. The highest BCUT2D eigenvalue weighted by Crippen LogP contribution is 2.41. The number of nitrogens with zero attached hydrogens (tertiary/aromatic N) is 1. The first kappa shape index (κ1) is 12.9. The van der Waals surface area contributed by atoms with Gasteiger partial charge < -0.3 is 5.73 Å². The van der Waals surface area contributed by atoms with Crippen LogP contribution in [-0.2, 0) is 6.42 Å². The fourth-order valence-electron chi connectivity index (χ4n) is 1.80. The lowest BCUT2D eigenvalue weighted by atomic mass is 10.1.